The molecule has 21 heavy (non-hydrogen) atoms. The van der Waals surface area contributed by atoms with Gasteiger partial charge >= 0.3 is 0 Å². The number of nitrogens with one attached hydrogen (secondary N) is 1. The first-order chi connectivity index (χ1) is 9.95. The molecule has 0 aromatic carbocycles. The molecule has 2 nitrogen and oxygen atoms in total. The normalized spacial score (nSPS) is 14.9. The van der Waals surface area contributed by atoms with Crippen LogP contribution in [0.3, 0.4) is 0 Å². The van der Waals surface area contributed by atoms with Gasteiger partial charge in [-0.1, -0.05) is 60.5 Å². The predicted molar refractivity (Wildman–Crippen MR) is 98.8 cm³/mol. The minimum absolute atomic E-state index is 0.511. The van der Waals surface area contributed by atoms with Crippen LogP contribution >= 0.6 is 0 Å². The molecule has 0 radical (unpaired) electrons. The summed E-state index contributed by atoms with van der Waals surface area (Å²) in [4.78, 5) is 2.49. The van der Waals surface area contributed by atoms with Crippen LogP contribution in [0.15, 0.2) is 12.3 Å². The van der Waals surface area contributed by atoms with Gasteiger partial charge in [0.15, 0.2) is 0 Å². The predicted octanol–water partition coefficient (Wildman–Crippen LogP) is 5.45. The van der Waals surface area contributed by atoms with Crippen molar-refractivity contribution in [1.29, 1.82) is 0 Å². The molecule has 0 atom stereocenters. The summed E-state index contributed by atoms with van der Waals surface area (Å²) < 4.78 is 0. The fourth-order valence-corrected chi connectivity index (χ4v) is 2.42. The van der Waals surface area contributed by atoms with Crippen LogP contribution in [0.25, 0.3) is 0 Å². The zero-order chi connectivity index (χ0) is 16.7. The van der Waals surface area contributed by atoms with Gasteiger partial charge in [-0.2, -0.15) is 0 Å². The summed E-state index contributed by atoms with van der Waals surface area (Å²) in [6.45, 7) is 22.6. The quantitative estimate of drug-likeness (QED) is 0.701. The van der Waals surface area contributed by atoms with Gasteiger partial charge in [-0.3, -0.25) is 4.90 Å². The molecular formula is C19H42N2. The van der Waals surface area contributed by atoms with E-state index in [2.05, 4.69) is 51.4 Å². The standard InChI is InChI=1S/C11H22N2.C6H14.C2H6/c1-10(2)12-11(3)9-13-7-5-4-6-8-13;1-4-5-6(2)3;1-2/h10,12H,3-9H2,1-2H3;6H,4-5H2,1-3H3;1-2H3. The van der Waals surface area contributed by atoms with Gasteiger partial charge in [-0.05, 0) is 45.7 Å². The van der Waals surface area contributed by atoms with Gasteiger partial charge in [-0.25, -0.2) is 0 Å². The third-order valence-electron chi connectivity index (χ3n) is 3.22. The first kappa shape index (κ1) is 22.8. The molecule has 0 spiro atoms. The van der Waals surface area contributed by atoms with Crippen LogP contribution in [-0.2, 0) is 0 Å². The summed E-state index contributed by atoms with van der Waals surface area (Å²) in [7, 11) is 0. The van der Waals surface area contributed by atoms with E-state index in [0.29, 0.717) is 6.04 Å². The monoisotopic (exact) mass is 298 g/mol. The lowest BCUT2D eigenvalue weighted by Gasteiger charge is -2.28. The van der Waals surface area contributed by atoms with Gasteiger partial charge in [-0.15, -0.1) is 0 Å². The van der Waals surface area contributed by atoms with Crippen LogP contribution in [-0.4, -0.2) is 30.6 Å². The fraction of sp³-hybridized carbons (Fsp3) is 0.895. The van der Waals surface area contributed by atoms with E-state index in [0.717, 1.165) is 18.2 Å². The minimum atomic E-state index is 0.511. The molecule has 1 saturated heterocycles. The Labute approximate surface area is 135 Å². The zero-order valence-electron chi connectivity index (χ0n) is 16.0. The molecule has 128 valence electrons. The Morgan fingerprint density at radius 2 is 1.57 bits per heavy atom. The molecule has 0 saturated carbocycles. The van der Waals surface area contributed by atoms with Crippen molar-refractivity contribution >= 4 is 0 Å². The zero-order valence-corrected chi connectivity index (χ0v) is 16.0. The van der Waals surface area contributed by atoms with Crippen molar-refractivity contribution in [2.45, 2.75) is 86.6 Å². The van der Waals surface area contributed by atoms with Crippen molar-refractivity contribution < 1.29 is 0 Å². The van der Waals surface area contributed by atoms with Crippen LogP contribution < -0.4 is 5.32 Å². The van der Waals surface area contributed by atoms with Gasteiger partial charge in [0, 0.05) is 18.3 Å². The van der Waals surface area contributed by atoms with E-state index in [1.165, 1.54) is 45.2 Å². The highest BCUT2D eigenvalue weighted by Crippen LogP contribution is 2.09. The molecule has 1 heterocycles. The van der Waals surface area contributed by atoms with Crippen LogP contribution in [0.1, 0.15) is 80.6 Å². The van der Waals surface area contributed by atoms with Gasteiger partial charge in [0.1, 0.15) is 0 Å². The summed E-state index contributed by atoms with van der Waals surface area (Å²) in [6.07, 6.45) is 6.82. The lowest BCUT2D eigenvalue weighted by molar-refractivity contribution is 0.242. The molecule has 1 aliphatic rings. The van der Waals surface area contributed by atoms with Crippen molar-refractivity contribution in [3.63, 3.8) is 0 Å². The van der Waals surface area contributed by atoms with E-state index >= 15 is 0 Å². The van der Waals surface area contributed by atoms with Crippen molar-refractivity contribution in [3.05, 3.63) is 12.3 Å². The number of hydrogen-bond acceptors (Lipinski definition) is 2. The average molecular weight is 299 g/mol. The van der Waals surface area contributed by atoms with Gasteiger partial charge in [0.25, 0.3) is 0 Å². The Morgan fingerprint density at radius 3 is 1.90 bits per heavy atom. The highest BCUT2D eigenvalue weighted by Gasteiger charge is 2.10. The van der Waals surface area contributed by atoms with E-state index in [-0.39, 0.29) is 0 Å². The van der Waals surface area contributed by atoms with Crippen LogP contribution in [0.2, 0.25) is 0 Å². The molecule has 1 fully saturated rings. The summed E-state index contributed by atoms with van der Waals surface area (Å²) in [6, 6.07) is 0.511. The van der Waals surface area contributed by atoms with Crippen LogP contribution in [0.5, 0.6) is 0 Å². The maximum atomic E-state index is 4.04. The second-order valence-electron chi connectivity index (χ2n) is 6.42. The Morgan fingerprint density at radius 1 is 1.05 bits per heavy atom. The average Bonchev–Trinajstić information content (AvgIpc) is 2.41. The molecular weight excluding hydrogens is 256 g/mol. The molecule has 2 heteroatoms. The van der Waals surface area contributed by atoms with Crippen molar-refractivity contribution in [3.8, 4) is 0 Å². The largest absolute Gasteiger partial charge is 0.386 e. The molecule has 1 rings (SSSR count). The highest BCUT2D eigenvalue weighted by atomic mass is 15.1. The SMILES string of the molecule is C=C(CN1CCCCC1)NC(C)C.CC.CCCC(C)C. The molecule has 0 bridgehead atoms. The third-order valence-corrected chi connectivity index (χ3v) is 3.22. The van der Waals surface area contributed by atoms with Crippen LogP contribution in [0, 0.1) is 5.92 Å². The smallest absolute Gasteiger partial charge is 0.0375 e. The Balaban J connectivity index is 0. The lowest BCUT2D eigenvalue weighted by Crippen LogP contribution is -2.35. The van der Waals surface area contributed by atoms with Crippen molar-refractivity contribution in [2.75, 3.05) is 19.6 Å². The van der Waals surface area contributed by atoms with E-state index in [1.807, 2.05) is 13.8 Å². The first-order valence-electron chi connectivity index (χ1n) is 9.12. The molecule has 0 aromatic rings. The lowest BCUT2D eigenvalue weighted by atomic mass is 10.1. The number of piperidine rings is 1. The van der Waals surface area contributed by atoms with Crippen molar-refractivity contribution in [2.24, 2.45) is 5.92 Å². The Kier molecular flexibility index (Phi) is 17.2. The molecule has 0 aromatic heterocycles. The highest BCUT2D eigenvalue weighted by molar-refractivity contribution is 4.96. The Hall–Kier alpha value is -0.500. The fourth-order valence-electron chi connectivity index (χ4n) is 2.42. The van der Waals surface area contributed by atoms with Crippen molar-refractivity contribution in [1.82, 2.24) is 10.2 Å². The first-order valence-corrected chi connectivity index (χ1v) is 9.12. The maximum absolute atomic E-state index is 4.04. The number of nitrogens with zero attached hydrogens (tertiary/aromatic N) is 1. The summed E-state index contributed by atoms with van der Waals surface area (Å²) in [5.74, 6) is 0.898. The Bertz CT molecular complexity index is 216. The summed E-state index contributed by atoms with van der Waals surface area (Å²) in [5.41, 5.74) is 1.16. The molecule has 0 aliphatic carbocycles. The van der Waals surface area contributed by atoms with E-state index < -0.39 is 0 Å². The third kappa shape index (κ3) is 17.4. The summed E-state index contributed by atoms with van der Waals surface area (Å²) >= 11 is 0. The van der Waals surface area contributed by atoms with Gasteiger partial charge in [0.05, 0.1) is 0 Å². The second-order valence-corrected chi connectivity index (χ2v) is 6.42. The van der Waals surface area contributed by atoms with E-state index in [4.69, 9.17) is 0 Å². The molecule has 0 amide bonds. The summed E-state index contributed by atoms with van der Waals surface area (Å²) in [5, 5.41) is 3.35. The second kappa shape index (κ2) is 15.9. The molecule has 1 aliphatic heterocycles. The van der Waals surface area contributed by atoms with E-state index in [1.54, 1.807) is 0 Å². The van der Waals surface area contributed by atoms with Crippen LogP contribution in [0.4, 0.5) is 0 Å². The number of hydrogen-bond donors (Lipinski definition) is 1. The number of likely N-dealkylation sites (tertiary alicyclic amines) is 1. The number of rotatable bonds is 6. The van der Waals surface area contributed by atoms with E-state index in [9.17, 15) is 0 Å². The van der Waals surface area contributed by atoms with Gasteiger partial charge in [0.2, 0.25) is 0 Å². The molecule has 0 unspecified atom stereocenters. The molecule has 1 N–H and O–H groups in total. The maximum Gasteiger partial charge on any atom is 0.0375 e. The minimum Gasteiger partial charge on any atom is -0.386 e. The topological polar surface area (TPSA) is 15.3 Å². The van der Waals surface area contributed by atoms with Gasteiger partial charge < -0.3 is 5.32 Å².